The normalized spacial score (nSPS) is 18.1. The van der Waals surface area contributed by atoms with Gasteiger partial charge in [0.2, 0.25) is 0 Å². The van der Waals surface area contributed by atoms with Gasteiger partial charge in [0.25, 0.3) is 15.9 Å². The largest absolute Gasteiger partial charge is 0.377 e. The van der Waals surface area contributed by atoms with Crippen molar-refractivity contribution in [3.63, 3.8) is 0 Å². The van der Waals surface area contributed by atoms with E-state index in [1.165, 1.54) is 6.07 Å². The number of aliphatic imine (C=N–C) groups is 1. The van der Waals surface area contributed by atoms with Crippen LogP contribution in [-0.2, 0) is 32.7 Å². The number of amides is 3. The summed E-state index contributed by atoms with van der Waals surface area (Å²) in [5, 5.41) is 2.67. The van der Waals surface area contributed by atoms with Crippen LogP contribution in [0.5, 0.6) is 0 Å². The second-order valence-electron chi connectivity index (χ2n) is 11.2. The van der Waals surface area contributed by atoms with E-state index in [0.29, 0.717) is 24.3 Å². The first-order chi connectivity index (χ1) is 19.8. The molecule has 10 heteroatoms. The molecule has 3 aliphatic rings. The number of hydrogen-bond donors (Lipinski definition) is 2. The Kier molecular flexibility index (Phi) is 8.79. The number of hydrogen-bond acceptors (Lipinski definition) is 6. The average molecular weight is 581 g/mol. The van der Waals surface area contributed by atoms with E-state index in [-0.39, 0.29) is 23.5 Å². The van der Waals surface area contributed by atoms with Crippen molar-refractivity contribution in [1.82, 2.24) is 14.9 Å². The lowest BCUT2D eigenvalue weighted by Crippen LogP contribution is -2.40. The van der Waals surface area contributed by atoms with Crippen LogP contribution in [0.25, 0.3) is 11.1 Å². The minimum absolute atomic E-state index is 0.0170. The maximum Gasteiger partial charge on any atom is 0.328 e. The van der Waals surface area contributed by atoms with Crippen molar-refractivity contribution in [3.05, 3.63) is 53.6 Å². The minimum atomic E-state index is -4.13. The molecule has 220 valence electrons. The molecule has 1 aliphatic heterocycles. The molecule has 2 aromatic rings. The van der Waals surface area contributed by atoms with Crippen molar-refractivity contribution in [3.8, 4) is 11.1 Å². The standard InChI is InChI=1S/C31H40N4O5S/c1-3-5-12-28-33-31(17-8-9-18-31)29(36)35(28)20-22-13-16-25(23(19-22)21-40-4-2)26-10-6-7-11-27(26)41(38,39)34-30(37)32-24-14-15-24/h6-7,10-11,13,16,19,24H,3-5,8-9,12,14-15,17-18,20-21H2,1-2H3,(H2,32,34,37). The molecule has 0 atom stereocenters. The fourth-order valence-corrected chi connectivity index (χ4v) is 6.90. The summed E-state index contributed by atoms with van der Waals surface area (Å²) in [6, 6.07) is 11.8. The van der Waals surface area contributed by atoms with Crippen molar-refractivity contribution < 1.29 is 22.7 Å². The number of amidine groups is 1. The molecule has 0 saturated heterocycles. The molecule has 0 bridgehead atoms. The number of carbonyl (C=O) groups excluding carboxylic acids is 2. The molecule has 0 radical (unpaired) electrons. The zero-order valence-corrected chi connectivity index (χ0v) is 24.8. The van der Waals surface area contributed by atoms with Crippen LogP contribution in [0.3, 0.4) is 0 Å². The van der Waals surface area contributed by atoms with Crippen LogP contribution in [0, 0.1) is 0 Å². The molecule has 3 amide bonds. The zero-order chi connectivity index (χ0) is 29.0. The minimum Gasteiger partial charge on any atom is -0.377 e. The molecule has 9 nitrogen and oxygen atoms in total. The summed E-state index contributed by atoms with van der Waals surface area (Å²) >= 11 is 0. The van der Waals surface area contributed by atoms with Crippen LogP contribution in [0.1, 0.15) is 82.8 Å². The summed E-state index contributed by atoms with van der Waals surface area (Å²) in [6.07, 6.45) is 8.16. The van der Waals surface area contributed by atoms with Crippen LogP contribution >= 0.6 is 0 Å². The second kappa shape index (κ2) is 12.3. The second-order valence-corrected chi connectivity index (χ2v) is 12.9. The predicted octanol–water partition coefficient (Wildman–Crippen LogP) is 5.28. The van der Waals surface area contributed by atoms with E-state index in [0.717, 1.165) is 74.7 Å². The monoisotopic (exact) mass is 580 g/mol. The lowest BCUT2D eigenvalue weighted by Gasteiger charge is -2.23. The first kappa shape index (κ1) is 29.3. The quantitative estimate of drug-likeness (QED) is 0.354. The summed E-state index contributed by atoms with van der Waals surface area (Å²) in [5.41, 5.74) is 2.32. The van der Waals surface area contributed by atoms with Crippen LogP contribution in [0.2, 0.25) is 0 Å². The maximum absolute atomic E-state index is 13.6. The summed E-state index contributed by atoms with van der Waals surface area (Å²) in [4.78, 5) is 32.8. The van der Waals surface area contributed by atoms with Gasteiger partial charge in [0.1, 0.15) is 11.4 Å². The summed E-state index contributed by atoms with van der Waals surface area (Å²) in [5.74, 6) is 0.977. The molecular weight excluding hydrogens is 540 g/mol. The molecule has 2 fully saturated rings. The lowest BCUT2D eigenvalue weighted by molar-refractivity contribution is -0.131. The van der Waals surface area contributed by atoms with Crippen molar-refractivity contribution in [2.45, 2.75) is 101 Å². The van der Waals surface area contributed by atoms with Crippen LogP contribution in [0.4, 0.5) is 4.79 Å². The topological polar surface area (TPSA) is 117 Å². The number of nitrogens with one attached hydrogen (secondary N) is 2. The Balaban J connectivity index is 1.45. The highest BCUT2D eigenvalue weighted by Gasteiger charge is 2.49. The molecule has 2 aliphatic carbocycles. The van der Waals surface area contributed by atoms with E-state index in [9.17, 15) is 18.0 Å². The zero-order valence-electron chi connectivity index (χ0n) is 23.9. The molecule has 41 heavy (non-hydrogen) atoms. The Morgan fingerprint density at radius 1 is 1.10 bits per heavy atom. The van der Waals surface area contributed by atoms with E-state index in [4.69, 9.17) is 9.73 Å². The average Bonchev–Trinajstić information content (AvgIpc) is 3.57. The maximum atomic E-state index is 13.6. The number of rotatable bonds is 12. The highest BCUT2D eigenvalue weighted by Crippen LogP contribution is 2.40. The number of nitrogens with zero attached hydrogens (tertiary/aromatic N) is 2. The third-order valence-corrected chi connectivity index (χ3v) is 9.45. The van der Waals surface area contributed by atoms with E-state index in [2.05, 4.69) is 17.0 Å². The third-order valence-electron chi connectivity index (χ3n) is 8.06. The molecule has 0 aromatic heterocycles. The van der Waals surface area contributed by atoms with Gasteiger partial charge in [-0.25, -0.2) is 17.9 Å². The summed E-state index contributed by atoms with van der Waals surface area (Å²) < 4.78 is 34.5. The van der Waals surface area contributed by atoms with Gasteiger partial charge in [0.05, 0.1) is 18.0 Å². The third kappa shape index (κ3) is 6.48. The molecular formula is C31H40N4O5S. The Bertz CT molecular complexity index is 1430. The van der Waals surface area contributed by atoms with Crippen LogP contribution < -0.4 is 10.0 Å². The molecule has 2 saturated carbocycles. The molecule has 1 spiro atoms. The lowest BCUT2D eigenvalue weighted by atomic mass is 9.96. The van der Waals surface area contributed by atoms with E-state index in [1.807, 2.05) is 30.0 Å². The fraction of sp³-hybridized carbons (Fsp3) is 0.516. The number of benzene rings is 2. The Morgan fingerprint density at radius 3 is 2.56 bits per heavy atom. The van der Waals surface area contributed by atoms with Gasteiger partial charge in [-0.3, -0.25) is 14.7 Å². The van der Waals surface area contributed by atoms with Gasteiger partial charge < -0.3 is 10.1 Å². The number of urea groups is 1. The first-order valence-electron chi connectivity index (χ1n) is 14.8. The van der Waals surface area contributed by atoms with Crippen LogP contribution in [0.15, 0.2) is 52.4 Å². The molecule has 0 unspecified atom stereocenters. The Hall–Kier alpha value is -3.24. The fourth-order valence-electron chi connectivity index (χ4n) is 5.76. The van der Waals surface area contributed by atoms with Gasteiger partial charge in [-0.1, -0.05) is 62.6 Å². The van der Waals surface area contributed by atoms with E-state index < -0.39 is 21.6 Å². The van der Waals surface area contributed by atoms with Gasteiger partial charge in [-0.2, -0.15) is 0 Å². The smallest absolute Gasteiger partial charge is 0.328 e. The molecule has 2 aromatic carbocycles. The summed E-state index contributed by atoms with van der Waals surface area (Å²) in [6.45, 7) is 5.22. The number of unbranched alkanes of at least 4 members (excludes halogenated alkanes) is 1. The van der Waals surface area contributed by atoms with Gasteiger partial charge in [-0.15, -0.1) is 0 Å². The number of carbonyl (C=O) groups is 2. The van der Waals surface area contributed by atoms with E-state index >= 15 is 0 Å². The van der Waals surface area contributed by atoms with Crippen molar-refractivity contribution in [2.75, 3.05) is 6.61 Å². The van der Waals surface area contributed by atoms with Gasteiger partial charge in [0, 0.05) is 24.6 Å². The number of sulfonamides is 1. The number of ether oxygens (including phenoxy) is 1. The highest BCUT2D eigenvalue weighted by molar-refractivity contribution is 7.90. The van der Waals surface area contributed by atoms with Crippen molar-refractivity contribution >= 4 is 27.8 Å². The Labute approximate surface area is 242 Å². The highest BCUT2D eigenvalue weighted by atomic mass is 32.2. The van der Waals surface area contributed by atoms with E-state index in [1.54, 1.807) is 18.2 Å². The predicted molar refractivity (Wildman–Crippen MR) is 158 cm³/mol. The van der Waals surface area contributed by atoms with Gasteiger partial charge in [0.15, 0.2) is 0 Å². The Morgan fingerprint density at radius 2 is 1.85 bits per heavy atom. The molecule has 1 heterocycles. The molecule has 2 N–H and O–H groups in total. The first-order valence-corrected chi connectivity index (χ1v) is 16.3. The molecule has 5 rings (SSSR count). The van der Waals surface area contributed by atoms with Crippen molar-refractivity contribution in [2.24, 2.45) is 4.99 Å². The van der Waals surface area contributed by atoms with Gasteiger partial charge >= 0.3 is 6.03 Å². The van der Waals surface area contributed by atoms with Crippen molar-refractivity contribution in [1.29, 1.82) is 0 Å². The van der Waals surface area contributed by atoms with Crippen LogP contribution in [-0.4, -0.2) is 49.3 Å². The SMILES string of the molecule is CCCCC1=NC2(CCCC2)C(=O)N1Cc1ccc(-c2ccccc2S(=O)(=O)NC(=O)NC2CC2)c(COCC)c1. The van der Waals surface area contributed by atoms with Gasteiger partial charge in [-0.05, 0) is 61.8 Å². The summed E-state index contributed by atoms with van der Waals surface area (Å²) in [7, 11) is -4.13.